The van der Waals surface area contributed by atoms with Gasteiger partial charge in [0, 0.05) is 35.6 Å². The van der Waals surface area contributed by atoms with Gasteiger partial charge in [0.1, 0.15) is 11.2 Å². The van der Waals surface area contributed by atoms with E-state index in [9.17, 15) is 49.1 Å². The molecule has 3 heterocycles. The minimum Gasteiger partial charge on any atom is -0.475 e. The average molecular weight is 871 g/mol. The number of carbonyl (C=O) groups is 4. The molecule has 0 unspecified atom stereocenters. The van der Waals surface area contributed by atoms with Gasteiger partial charge in [-0.1, -0.05) is 62.2 Å². The quantitative estimate of drug-likeness (QED) is 0.203. The minimum atomic E-state index is -5.08. The Bertz CT molecular complexity index is 1770. The van der Waals surface area contributed by atoms with Gasteiger partial charge in [-0.05, 0) is 73.0 Å². The second kappa shape index (κ2) is 18.1. The number of benzene rings is 2. The summed E-state index contributed by atoms with van der Waals surface area (Å²) in [5, 5.41) is 21.1. The van der Waals surface area contributed by atoms with Gasteiger partial charge in [-0.15, -0.1) is 0 Å². The van der Waals surface area contributed by atoms with Crippen LogP contribution < -0.4 is 10.6 Å². The molecule has 2 fully saturated rings. The topological polar surface area (TPSA) is 136 Å². The van der Waals surface area contributed by atoms with Crippen molar-refractivity contribution in [3.63, 3.8) is 0 Å². The van der Waals surface area contributed by atoms with Crippen LogP contribution in [0.2, 0.25) is 10.0 Å². The zero-order valence-corrected chi connectivity index (χ0v) is 32.0. The number of likely N-dealkylation sites (tertiary alicyclic amines) is 1. The van der Waals surface area contributed by atoms with Gasteiger partial charge in [0.25, 0.3) is 0 Å². The van der Waals surface area contributed by atoms with Gasteiger partial charge in [0.05, 0.1) is 17.5 Å². The van der Waals surface area contributed by atoms with Gasteiger partial charge in [-0.3, -0.25) is 9.59 Å². The Morgan fingerprint density at radius 1 is 0.895 bits per heavy atom. The SMILES string of the molecule is CC(C)(C)C[C@H]1N[C@@H](C(=O)CC2CCN(CCC(F)(F)F)CC2)[C@H](c2cccc(Cl)c2F)[C@@]12C(=O)Nc1cc(Cl)ccc12.O=C(O)C(F)(F)F.O=C(O)C(F)(F)F. The van der Waals surface area contributed by atoms with E-state index < -0.39 is 66.1 Å². The van der Waals surface area contributed by atoms with Crippen LogP contribution >= 0.6 is 23.2 Å². The van der Waals surface area contributed by atoms with Crippen molar-refractivity contribution in [2.45, 2.75) is 94.8 Å². The van der Waals surface area contributed by atoms with Crippen molar-refractivity contribution in [3.8, 4) is 0 Å². The lowest BCUT2D eigenvalue weighted by atomic mass is 9.62. The number of rotatable bonds is 7. The minimum absolute atomic E-state index is 0.0255. The van der Waals surface area contributed by atoms with Crippen LogP contribution in [0.5, 0.6) is 0 Å². The molecule has 4 N–H and O–H groups in total. The van der Waals surface area contributed by atoms with Crippen LogP contribution in [0.4, 0.5) is 49.6 Å². The Kier molecular flexibility index (Phi) is 15.1. The molecule has 0 aliphatic carbocycles. The molecular weight excluding hydrogens is 831 g/mol. The molecule has 4 atom stereocenters. The molecule has 9 nitrogen and oxygen atoms in total. The maximum atomic E-state index is 15.9. The smallest absolute Gasteiger partial charge is 0.475 e. The Morgan fingerprint density at radius 3 is 1.93 bits per heavy atom. The zero-order chi connectivity index (χ0) is 43.5. The number of hydrogen-bond acceptors (Lipinski definition) is 6. The fourth-order valence-corrected chi connectivity index (χ4v) is 7.67. The van der Waals surface area contributed by atoms with E-state index in [1.807, 2.05) is 0 Å². The van der Waals surface area contributed by atoms with Crippen molar-refractivity contribution in [1.82, 2.24) is 10.2 Å². The molecule has 3 aliphatic rings. The second-order valence-electron chi connectivity index (χ2n) is 15.0. The summed E-state index contributed by atoms with van der Waals surface area (Å²) in [5.41, 5.74) is -0.195. The highest BCUT2D eigenvalue weighted by Crippen LogP contribution is 2.57. The number of alkyl halides is 9. The van der Waals surface area contributed by atoms with Gasteiger partial charge < -0.3 is 25.7 Å². The highest BCUT2D eigenvalue weighted by Gasteiger charge is 2.66. The third-order valence-electron chi connectivity index (χ3n) is 9.68. The number of amides is 1. The molecule has 0 aromatic heterocycles. The van der Waals surface area contributed by atoms with Crippen LogP contribution in [0.15, 0.2) is 36.4 Å². The molecule has 1 spiro atoms. The highest BCUT2D eigenvalue weighted by atomic mass is 35.5. The Hall–Kier alpha value is -3.68. The number of anilines is 1. The van der Waals surface area contributed by atoms with Crippen molar-refractivity contribution in [2.75, 3.05) is 25.0 Å². The Morgan fingerprint density at radius 2 is 1.44 bits per heavy atom. The molecule has 0 radical (unpaired) electrons. The van der Waals surface area contributed by atoms with Crippen LogP contribution in [0.3, 0.4) is 0 Å². The summed E-state index contributed by atoms with van der Waals surface area (Å²) >= 11 is 12.6. The summed E-state index contributed by atoms with van der Waals surface area (Å²) < 4.78 is 118. The molecule has 21 heteroatoms. The van der Waals surface area contributed by atoms with Crippen LogP contribution in [-0.4, -0.2) is 89.0 Å². The summed E-state index contributed by atoms with van der Waals surface area (Å²) in [6.07, 6.45) is -13.4. The number of ketones is 1. The molecule has 2 aromatic rings. The van der Waals surface area contributed by atoms with Crippen LogP contribution in [0.1, 0.15) is 69.9 Å². The highest BCUT2D eigenvalue weighted by molar-refractivity contribution is 6.31. The fourth-order valence-electron chi connectivity index (χ4n) is 7.31. The summed E-state index contributed by atoms with van der Waals surface area (Å²) in [6, 6.07) is 8.40. The lowest BCUT2D eigenvalue weighted by Crippen LogP contribution is -2.49. The van der Waals surface area contributed by atoms with E-state index in [0.29, 0.717) is 48.6 Å². The number of nitrogens with one attached hydrogen (secondary N) is 2. The first kappa shape index (κ1) is 47.7. The summed E-state index contributed by atoms with van der Waals surface area (Å²) in [7, 11) is 0. The van der Waals surface area contributed by atoms with E-state index in [1.54, 1.807) is 35.2 Å². The third-order valence-corrected chi connectivity index (χ3v) is 10.2. The lowest BCUT2D eigenvalue weighted by Gasteiger charge is -2.38. The first-order valence-corrected chi connectivity index (χ1v) is 18.0. The molecule has 0 saturated carbocycles. The Balaban J connectivity index is 0.000000531. The van der Waals surface area contributed by atoms with Crippen LogP contribution in [-0.2, 0) is 24.6 Å². The van der Waals surface area contributed by atoms with Gasteiger partial charge in [0.15, 0.2) is 5.78 Å². The number of Topliss-reactive ketones (excluding diaryl/α,β-unsaturated/α-hetero) is 1. The first-order chi connectivity index (χ1) is 26.0. The van der Waals surface area contributed by atoms with Gasteiger partial charge >= 0.3 is 30.5 Å². The first-order valence-electron chi connectivity index (χ1n) is 17.2. The molecule has 0 bridgehead atoms. The van der Waals surface area contributed by atoms with Gasteiger partial charge in [0.2, 0.25) is 5.91 Å². The molecule has 5 rings (SSSR count). The van der Waals surface area contributed by atoms with E-state index >= 15 is 4.39 Å². The molecular formula is C36H39Cl2F10N3O6. The maximum absolute atomic E-state index is 15.9. The van der Waals surface area contributed by atoms with Gasteiger partial charge in [-0.2, -0.15) is 39.5 Å². The number of halogens is 12. The maximum Gasteiger partial charge on any atom is 0.490 e. The molecule has 3 aliphatic heterocycles. The van der Waals surface area contributed by atoms with Crippen molar-refractivity contribution >= 4 is 52.5 Å². The number of aliphatic carboxylic acids is 2. The van der Waals surface area contributed by atoms with Crippen LogP contribution in [0, 0.1) is 17.2 Å². The lowest BCUT2D eigenvalue weighted by molar-refractivity contribution is -0.193. The summed E-state index contributed by atoms with van der Waals surface area (Å²) in [4.78, 5) is 48.0. The molecule has 57 heavy (non-hydrogen) atoms. The monoisotopic (exact) mass is 869 g/mol. The Labute approximate surface area is 330 Å². The number of hydrogen-bond donors (Lipinski definition) is 4. The molecule has 2 aromatic carbocycles. The number of fused-ring (bicyclic) bond motifs is 2. The summed E-state index contributed by atoms with van der Waals surface area (Å²) in [6.45, 7) is 7.05. The predicted molar refractivity (Wildman–Crippen MR) is 188 cm³/mol. The number of piperidine rings is 1. The van der Waals surface area contributed by atoms with E-state index in [0.717, 1.165) is 0 Å². The van der Waals surface area contributed by atoms with Crippen molar-refractivity contribution in [2.24, 2.45) is 11.3 Å². The number of carboxylic acid groups (broad SMARTS) is 2. The molecule has 2 saturated heterocycles. The molecule has 1 amide bonds. The zero-order valence-electron chi connectivity index (χ0n) is 30.4. The van der Waals surface area contributed by atoms with Crippen LogP contribution in [0.25, 0.3) is 0 Å². The number of nitrogens with zero attached hydrogens (tertiary/aromatic N) is 1. The van der Waals surface area contributed by atoms with Crippen molar-refractivity contribution in [1.29, 1.82) is 0 Å². The van der Waals surface area contributed by atoms with Crippen molar-refractivity contribution < 1.29 is 73.3 Å². The molecule has 318 valence electrons. The summed E-state index contributed by atoms with van der Waals surface area (Å²) in [5.74, 6) is -7.59. The van der Waals surface area contributed by atoms with E-state index in [4.69, 9.17) is 43.0 Å². The number of carbonyl (C=O) groups excluding carboxylic acids is 2. The average Bonchev–Trinajstić information content (AvgIpc) is 3.54. The predicted octanol–water partition coefficient (Wildman–Crippen LogP) is 8.77. The third kappa shape index (κ3) is 12.2. The fraction of sp³-hybridized carbons (Fsp3) is 0.556. The second-order valence-corrected chi connectivity index (χ2v) is 15.9. The van der Waals surface area contributed by atoms with Gasteiger partial charge in [-0.25, -0.2) is 14.0 Å². The van der Waals surface area contributed by atoms with E-state index in [2.05, 4.69) is 31.4 Å². The largest absolute Gasteiger partial charge is 0.490 e. The van der Waals surface area contributed by atoms with Crippen molar-refractivity contribution in [3.05, 3.63) is 63.4 Å². The van der Waals surface area contributed by atoms with E-state index in [1.165, 1.54) is 6.07 Å². The number of carboxylic acids is 2. The standard InChI is InChI=1S/C32H37Cl2F4N3O2.2C2HF3O2/c1-30(2,3)17-25-32(21-8-7-19(33)16-23(21)39-29(32)43)26(20-5-4-6-22(34)27(20)35)28(40-25)24(42)15-18-9-12-41(13-10-18)14-11-31(36,37)38;2*3-2(4,5)1(6)7/h4-8,16,18,25-26,28,40H,9-15,17H2,1-3H3,(H,39,43);2*(H,6,7)/t25-,26+,28+,32+;;/m1../s1. The normalized spacial score (nSPS) is 22.9. The van der Waals surface area contributed by atoms with E-state index in [-0.39, 0.29) is 46.6 Å².